The zero-order valence-electron chi connectivity index (χ0n) is 9.00. The lowest BCUT2D eigenvalue weighted by Gasteiger charge is -2.12. The quantitative estimate of drug-likeness (QED) is 0.635. The van der Waals surface area contributed by atoms with Crippen LogP contribution in [0, 0.1) is 0 Å². The van der Waals surface area contributed by atoms with E-state index in [2.05, 4.69) is 15.3 Å². The monoisotopic (exact) mass is 291 g/mol. The number of carbonyl (C=O) groups is 3. The van der Waals surface area contributed by atoms with E-state index < -0.39 is 5.91 Å². The second-order valence-corrected chi connectivity index (χ2v) is 3.65. The fourth-order valence-electron chi connectivity index (χ4n) is 0.962. The van der Waals surface area contributed by atoms with E-state index in [0.717, 1.165) is 0 Å². The Morgan fingerprint density at radius 1 is 1.22 bits per heavy atom. The van der Waals surface area contributed by atoms with E-state index in [1.807, 2.05) is 0 Å². The lowest BCUT2D eigenvalue weighted by atomic mass is 10.5. The third kappa shape index (κ3) is 3.54. The highest BCUT2D eigenvalue weighted by Gasteiger charge is 2.13. The Kier molecular flexibility index (Phi) is 4.81. The number of nitrogens with one attached hydrogen (secondary N) is 1. The Morgan fingerprint density at radius 3 is 2.00 bits per heavy atom. The number of rotatable bonds is 5. The van der Waals surface area contributed by atoms with Crippen molar-refractivity contribution >= 4 is 59.9 Å². The van der Waals surface area contributed by atoms with Crippen molar-refractivity contribution in [3.63, 3.8) is 0 Å². The third-order valence-corrected chi connectivity index (χ3v) is 2.12. The maximum atomic E-state index is 10.9. The number of carbonyl (C=O) groups excluding carboxylic acids is 3. The van der Waals surface area contributed by atoms with Gasteiger partial charge >= 0.3 is 0 Å². The van der Waals surface area contributed by atoms with Crippen LogP contribution >= 0.6 is 23.6 Å². The van der Waals surface area contributed by atoms with Gasteiger partial charge < -0.3 is 0 Å². The molecular weight excluding hydrogens is 285 g/mol. The molecule has 1 N–H and O–H groups in total. The van der Waals surface area contributed by atoms with E-state index in [4.69, 9.17) is 23.6 Å². The van der Waals surface area contributed by atoms with Gasteiger partial charge in [0.05, 0.1) is 0 Å². The molecular formula is C8H7Cl2N5O3. The van der Waals surface area contributed by atoms with Crippen LogP contribution in [0.3, 0.4) is 0 Å². The fraction of sp³-hybridized carbons (Fsp3) is 0.125. The summed E-state index contributed by atoms with van der Waals surface area (Å²) in [4.78, 5) is 39.5. The van der Waals surface area contributed by atoms with Gasteiger partial charge in [0.2, 0.25) is 24.7 Å². The molecule has 0 atom stereocenters. The van der Waals surface area contributed by atoms with Crippen molar-refractivity contribution in [2.45, 2.75) is 6.92 Å². The van der Waals surface area contributed by atoms with Crippen LogP contribution in [-0.2, 0) is 14.4 Å². The van der Waals surface area contributed by atoms with E-state index in [-0.39, 0.29) is 30.4 Å². The molecule has 0 aliphatic carbocycles. The van der Waals surface area contributed by atoms with Crippen molar-refractivity contribution in [1.82, 2.24) is 9.97 Å². The maximum Gasteiger partial charge on any atom is 0.233 e. The van der Waals surface area contributed by atoms with E-state index in [1.165, 1.54) is 13.0 Å². The average Bonchev–Trinajstić information content (AvgIpc) is 2.35. The Labute approximate surface area is 112 Å². The number of nitrogens with zero attached hydrogens (tertiary/aromatic N) is 4. The van der Waals surface area contributed by atoms with Crippen molar-refractivity contribution in [3.8, 4) is 0 Å². The largest absolute Gasteiger partial charge is 0.295 e. The summed E-state index contributed by atoms with van der Waals surface area (Å²) in [6.45, 7) is 1.24. The molecule has 0 aliphatic rings. The Morgan fingerprint density at radius 2 is 1.67 bits per heavy atom. The lowest BCUT2D eigenvalue weighted by Crippen LogP contribution is -2.17. The predicted molar refractivity (Wildman–Crippen MR) is 65.1 cm³/mol. The summed E-state index contributed by atoms with van der Waals surface area (Å²) >= 11 is 11.1. The number of aromatic nitrogens is 2. The first-order valence-electron chi connectivity index (χ1n) is 4.45. The van der Waals surface area contributed by atoms with Crippen LogP contribution in [0.25, 0.3) is 0 Å². The average molecular weight is 292 g/mol. The van der Waals surface area contributed by atoms with Crippen LogP contribution in [0.1, 0.15) is 6.92 Å². The molecule has 0 fully saturated rings. The van der Waals surface area contributed by atoms with Crippen molar-refractivity contribution in [3.05, 3.63) is 6.07 Å². The molecule has 1 aromatic heterocycles. The van der Waals surface area contributed by atoms with Gasteiger partial charge in [-0.05, 0) is 0 Å². The smallest absolute Gasteiger partial charge is 0.233 e. The Hall–Kier alpha value is -1.93. The molecule has 0 spiro atoms. The molecule has 3 amide bonds. The van der Waals surface area contributed by atoms with Gasteiger partial charge in [-0.25, -0.2) is 8.84 Å². The number of anilines is 3. The molecule has 0 aromatic carbocycles. The van der Waals surface area contributed by atoms with E-state index in [9.17, 15) is 14.4 Å². The maximum absolute atomic E-state index is 10.9. The summed E-state index contributed by atoms with van der Waals surface area (Å²) in [5.74, 6) is -0.673. The molecule has 96 valence electrons. The van der Waals surface area contributed by atoms with E-state index in [0.29, 0.717) is 8.84 Å². The summed E-state index contributed by atoms with van der Waals surface area (Å²) in [5.41, 5.74) is 0. The predicted octanol–water partition coefficient (Wildman–Crippen LogP) is 0.668. The summed E-state index contributed by atoms with van der Waals surface area (Å²) in [6.07, 6.45) is 0.565. The molecule has 0 aliphatic heterocycles. The van der Waals surface area contributed by atoms with Crippen molar-refractivity contribution in [1.29, 1.82) is 0 Å². The highest BCUT2D eigenvalue weighted by Crippen LogP contribution is 2.21. The van der Waals surface area contributed by atoms with E-state index in [1.54, 1.807) is 0 Å². The zero-order chi connectivity index (χ0) is 13.7. The Balaban J connectivity index is 3.22. The molecule has 18 heavy (non-hydrogen) atoms. The van der Waals surface area contributed by atoms with Crippen molar-refractivity contribution < 1.29 is 14.4 Å². The SMILES string of the molecule is CC(=O)Nc1nc(N(Cl)C=O)cc(N(Cl)C=O)n1. The normalized spacial score (nSPS) is 9.50. The van der Waals surface area contributed by atoms with Gasteiger partial charge in [-0.3, -0.25) is 19.7 Å². The lowest BCUT2D eigenvalue weighted by molar-refractivity contribution is -0.114. The van der Waals surface area contributed by atoms with Crippen LogP contribution in [0.2, 0.25) is 0 Å². The summed E-state index contributed by atoms with van der Waals surface area (Å²) in [7, 11) is 0. The van der Waals surface area contributed by atoms with Gasteiger partial charge in [0.25, 0.3) is 0 Å². The fourth-order valence-corrected chi connectivity index (χ4v) is 1.14. The minimum absolute atomic E-state index is 0.0482. The molecule has 8 nitrogen and oxygen atoms in total. The van der Waals surface area contributed by atoms with Crippen LogP contribution in [0.15, 0.2) is 6.07 Å². The third-order valence-electron chi connectivity index (χ3n) is 1.61. The Bertz CT molecular complexity index is 452. The highest BCUT2D eigenvalue weighted by molar-refractivity contribution is 6.34. The number of hydrogen-bond acceptors (Lipinski definition) is 5. The van der Waals surface area contributed by atoms with Gasteiger partial charge in [-0.15, -0.1) is 0 Å². The van der Waals surface area contributed by atoms with Crippen LogP contribution in [-0.4, -0.2) is 28.7 Å². The molecule has 10 heteroatoms. The number of halogens is 2. The van der Waals surface area contributed by atoms with Gasteiger partial charge in [-0.1, -0.05) is 0 Å². The summed E-state index contributed by atoms with van der Waals surface area (Å²) in [6, 6.07) is 1.19. The zero-order valence-corrected chi connectivity index (χ0v) is 10.5. The standard InChI is InChI=1S/C8H7Cl2N5O3/c1-5(18)11-8-12-6(14(9)3-16)2-7(13-8)15(10)4-17/h2-4H,1H3,(H,11,12,13,18). The van der Waals surface area contributed by atoms with Crippen molar-refractivity contribution in [2.24, 2.45) is 0 Å². The summed E-state index contributed by atoms with van der Waals surface area (Å²) < 4.78 is 1.23. The first-order valence-corrected chi connectivity index (χ1v) is 5.13. The molecule has 0 bridgehead atoms. The van der Waals surface area contributed by atoms with Crippen molar-refractivity contribution in [2.75, 3.05) is 14.2 Å². The van der Waals surface area contributed by atoms with Crippen LogP contribution in [0.5, 0.6) is 0 Å². The second kappa shape index (κ2) is 6.12. The second-order valence-electron chi connectivity index (χ2n) is 2.92. The number of amides is 3. The van der Waals surface area contributed by atoms with E-state index >= 15 is 0 Å². The molecule has 0 unspecified atom stereocenters. The molecule has 0 saturated carbocycles. The first-order chi connectivity index (χ1) is 8.47. The van der Waals surface area contributed by atoms with Gasteiger partial charge in [0.15, 0.2) is 11.6 Å². The molecule has 1 rings (SSSR count). The van der Waals surface area contributed by atoms with Crippen LogP contribution in [0.4, 0.5) is 17.6 Å². The topological polar surface area (TPSA) is 95.5 Å². The summed E-state index contributed by atoms with van der Waals surface area (Å²) in [5, 5.41) is 2.28. The number of hydrogen-bond donors (Lipinski definition) is 1. The highest BCUT2D eigenvalue weighted by atomic mass is 35.5. The first kappa shape index (κ1) is 14.1. The van der Waals surface area contributed by atoms with Crippen LogP contribution < -0.4 is 14.2 Å². The molecule has 1 heterocycles. The molecule has 1 aromatic rings. The minimum Gasteiger partial charge on any atom is -0.295 e. The molecule has 0 saturated heterocycles. The van der Waals surface area contributed by atoms with Gasteiger partial charge in [0, 0.05) is 36.5 Å². The van der Waals surface area contributed by atoms with Gasteiger partial charge in [0.1, 0.15) is 0 Å². The minimum atomic E-state index is -0.433. The van der Waals surface area contributed by atoms with Gasteiger partial charge in [-0.2, -0.15) is 9.97 Å². The molecule has 0 radical (unpaired) electrons.